The molecule has 10 bridgehead atoms. The number of rotatable bonds is 14. The second-order valence-corrected chi connectivity index (χ2v) is 20.0. The molecule has 3 aliphatic rings. The second kappa shape index (κ2) is 22.3. The smallest absolute Gasteiger partial charge is 0.246 e. The molecule has 0 saturated heterocycles. The maximum absolute atomic E-state index is 13.9. The van der Waals surface area contributed by atoms with E-state index in [-0.39, 0.29) is 23.3 Å². The van der Waals surface area contributed by atoms with Crippen molar-refractivity contribution in [1.82, 2.24) is 31.2 Å². The maximum Gasteiger partial charge on any atom is 0.246 e. The monoisotopic (exact) mass is 984 g/mol. The van der Waals surface area contributed by atoms with Crippen molar-refractivity contribution in [2.75, 3.05) is 46.7 Å². The Labute approximate surface area is 395 Å². The number of aromatic nitrogens is 2. The maximum atomic E-state index is 13.9. The van der Waals surface area contributed by atoms with Crippen LogP contribution >= 0.6 is 71.5 Å². The van der Waals surface area contributed by atoms with Gasteiger partial charge in [0.1, 0.15) is 44.3 Å². The molecule has 2 aromatic carbocycles. The average Bonchev–Trinajstić information content (AvgIpc) is 4.13. The Kier molecular flexibility index (Phi) is 16.6. The van der Waals surface area contributed by atoms with E-state index in [2.05, 4.69) is 57.2 Å². The van der Waals surface area contributed by atoms with E-state index >= 15 is 0 Å². The SMILES string of the molecule is N[C@@H](CS)C(=O)NCCCC[C@@H]1NC(=O)[C@H]2CSC(=N2)c2nc3ccc(cc3s2)NC(=O)[C@H](CCCCNC(=O)[C@@H](N)CS)NC(=O)[C@H]2CSC(=N2)c2nc3ccc(cc3s2)NC1=O. The molecule has 6 amide bonds. The lowest BCUT2D eigenvalue weighted by molar-refractivity contribution is -0.127. The van der Waals surface area contributed by atoms with Gasteiger partial charge in [-0.2, -0.15) is 25.3 Å². The lowest BCUT2D eigenvalue weighted by atomic mass is 10.1. The molecule has 0 unspecified atom stereocenters. The number of thiol groups is 2. The van der Waals surface area contributed by atoms with Crippen molar-refractivity contribution in [1.29, 1.82) is 0 Å². The zero-order chi connectivity index (χ0) is 45.3. The predicted molar refractivity (Wildman–Crippen MR) is 263 cm³/mol. The number of nitrogens with zero attached hydrogens (tertiary/aromatic N) is 4. The molecule has 0 fully saturated rings. The highest BCUT2D eigenvalue weighted by atomic mass is 32.2. The lowest BCUT2D eigenvalue weighted by Crippen LogP contribution is -2.47. The van der Waals surface area contributed by atoms with Crippen LogP contribution in [-0.4, -0.2) is 128 Å². The number of nitrogens with two attached hydrogens (primary N) is 2. The van der Waals surface area contributed by atoms with Gasteiger partial charge in [-0.3, -0.25) is 38.8 Å². The Morgan fingerprint density at radius 1 is 0.656 bits per heavy atom. The zero-order valence-corrected chi connectivity index (χ0v) is 39.4. The number of amides is 6. The first-order valence-corrected chi connectivity index (χ1v) is 25.5. The largest absolute Gasteiger partial charge is 0.355 e. The predicted octanol–water partition coefficient (Wildman–Crippen LogP) is 2.28. The quantitative estimate of drug-likeness (QED) is 0.0644. The van der Waals surface area contributed by atoms with Crippen LogP contribution in [0.1, 0.15) is 48.5 Å². The molecule has 5 heterocycles. The molecule has 24 heteroatoms. The van der Waals surface area contributed by atoms with Crippen LogP contribution in [0.2, 0.25) is 0 Å². The van der Waals surface area contributed by atoms with E-state index in [4.69, 9.17) is 31.4 Å². The Morgan fingerprint density at radius 2 is 1.08 bits per heavy atom. The molecule has 0 radical (unpaired) electrons. The number of hydrogen-bond acceptors (Lipinski definition) is 18. The summed E-state index contributed by atoms with van der Waals surface area (Å²) < 4.78 is 1.55. The Morgan fingerprint density at radius 3 is 1.48 bits per heavy atom. The fraction of sp³-hybridized carbons (Fsp3) is 0.450. The molecular weight excluding hydrogens is 937 g/mol. The number of unbranched alkanes of at least 4 members (excludes halogenated alkanes) is 2. The minimum Gasteiger partial charge on any atom is -0.355 e. The fourth-order valence-corrected chi connectivity index (χ4v) is 11.3. The van der Waals surface area contributed by atoms with Gasteiger partial charge in [-0.25, -0.2) is 9.97 Å². The van der Waals surface area contributed by atoms with Crippen LogP contribution in [0.4, 0.5) is 11.4 Å². The van der Waals surface area contributed by atoms with Crippen LogP contribution in [0, 0.1) is 0 Å². The van der Waals surface area contributed by atoms with Crippen molar-refractivity contribution in [2.45, 2.75) is 74.8 Å². The van der Waals surface area contributed by atoms with Crippen LogP contribution in [0.15, 0.2) is 46.4 Å². The van der Waals surface area contributed by atoms with E-state index < -0.39 is 59.9 Å². The second-order valence-electron chi connectivity index (χ2n) is 15.2. The van der Waals surface area contributed by atoms with Gasteiger partial charge >= 0.3 is 0 Å². The van der Waals surface area contributed by atoms with E-state index in [1.807, 2.05) is 0 Å². The number of hydrogen-bond donors (Lipinski definition) is 10. The third-order valence-corrected chi connectivity index (χ3v) is 15.6. The van der Waals surface area contributed by atoms with E-state index in [1.165, 1.54) is 46.2 Å². The summed E-state index contributed by atoms with van der Waals surface area (Å²) in [5.41, 5.74) is 13.9. The van der Waals surface area contributed by atoms with Crippen molar-refractivity contribution >= 4 is 149 Å². The molecule has 0 saturated carbocycles. The number of thioether (sulfide) groups is 2. The number of thiazole rings is 2. The standard InChI is InChI=1S/C40H48N12O6S6/c41-21(15-59)31(53)43-11-3-1-5-25-33(55)45-19-7-9-23-29(13-19)63-40(49-23)38-52-28(18-62-38)36(58)48-26(6-2-4-12-44-32(54)22(42)16-60)34(56)46-20-8-10-24-30(14-20)64-39(50-24)37-51-27(17-61-37)35(57)47-25/h7-10,13-14,21-22,25-28,59-60H,1-6,11-12,15-18,41-42H2,(H,43,53)(H,44,54)(H,45,55)(H,46,56)(H,47,57)(H,48,58)/t21-,22-,25-,26-,27+,28+/m0/s1. The first-order valence-electron chi connectivity index (χ1n) is 20.6. The van der Waals surface area contributed by atoms with Gasteiger partial charge < -0.3 is 43.4 Å². The van der Waals surface area contributed by atoms with Crippen molar-refractivity contribution < 1.29 is 28.8 Å². The lowest BCUT2D eigenvalue weighted by Gasteiger charge is -2.20. The number of carbonyl (C=O) groups is 6. The molecule has 0 spiro atoms. The minimum absolute atomic E-state index is 0.215. The highest BCUT2D eigenvalue weighted by Gasteiger charge is 2.33. The molecular formula is C40H48N12O6S6. The topological polar surface area (TPSA) is 277 Å². The van der Waals surface area contributed by atoms with Gasteiger partial charge in [-0.05, 0) is 74.9 Å². The van der Waals surface area contributed by atoms with Gasteiger partial charge in [-0.15, -0.1) is 46.2 Å². The summed E-state index contributed by atoms with van der Waals surface area (Å²) in [5.74, 6) is -1.11. The summed E-state index contributed by atoms with van der Waals surface area (Å²) in [5, 5.41) is 19.7. The van der Waals surface area contributed by atoms with Crippen molar-refractivity contribution in [3.05, 3.63) is 46.4 Å². The molecule has 4 aromatic rings. The molecule has 10 N–H and O–H groups in total. The van der Waals surface area contributed by atoms with Crippen LogP contribution in [0.5, 0.6) is 0 Å². The van der Waals surface area contributed by atoms with Crippen molar-refractivity contribution in [3.63, 3.8) is 0 Å². The summed E-state index contributed by atoms with van der Waals surface area (Å²) in [6.45, 7) is 0.699. The number of carbonyl (C=O) groups excluding carboxylic acids is 6. The van der Waals surface area contributed by atoms with Crippen LogP contribution < -0.4 is 43.4 Å². The molecule has 0 aliphatic carbocycles. The average molecular weight is 985 g/mol. The van der Waals surface area contributed by atoms with Gasteiger partial charge in [-0.1, -0.05) is 0 Å². The number of aliphatic imine (C=N–C) groups is 2. The van der Waals surface area contributed by atoms with Crippen LogP contribution in [-0.2, 0) is 28.8 Å². The summed E-state index contributed by atoms with van der Waals surface area (Å²) >= 11 is 13.7. The number of benzene rings is 2. The normalized spacial score (nSPS) is 21.4. The van der Waals surface area contributed by atoms with E-state index in [1.54, 1.807) is 36.4 Å². The molecule has 340 valence electrons. The Hall–Kier alpha value is -4.30. The number of nitrogens with one attached hydrogen (secondary N) is 6. The molecule has 18 nitrogen and oxygen atoms in total. The summed E-state index contributed by atoms with van der Waals surface area (Å²) in [4.78, 5) is 98.5. The highest BCUT2D eigenvalue weighted by Crippen LogP contribution is 2.33. The van der Waals surface area contributed by atoms with Gasteiger partial charge in [0.15, 0.2) is 0 Å². The molecule has 6 atom stereocenters. The third kappa shape index (κ3) is 12.1. The number of anilines is 2. The van der Waals surface area contributed by atoms with Crippen molar-refractivity contribution in [2.24, 2.45) is 21.5 Å². The van der Waals surface area contributed by atoms with Crippen LogP contribution in [0.25, 0.3) is 20.4 Å². The zero-order valence-electron chi connectivity index (χ0n) is 34.3. The van der Waals surface area contributed by atoms with E-state index in [0.717, 1.165) is 9.40 Å². The molecule has 7 rings (SSSR count). The van der Waals surface area contributed by atoms with Crippen LogP contribution in [0.3, 0.4) is 0 Å². The minimum atomic E-state index is -0.906. The summed E-state index contributed by atoms with van der Waals surface area (Å²) in [7, 11) is 0. The Bertz CT molecular complexity index is 2310. The molecule has 3 aliphatic heterocycles. The van der Waals surface area contributed by atoms with Gasteiger partial charge in [0.25, 0.3) is 0 Å². The highest BCUT2D eigenvalue weighted by molar-refractivity contribution is 8.15. The first kappa shape index (κ1) is 47.7. The Balaban J connectivity index is 1.13. The van der Waals surface area contributed by atoms with E-state index in [9.17, 15) is 28.8 Å². The molecule has 2 aromatic heterocycles. The van der Waals surface area contributed by atoms with Gasteiger partial charge in [0.2, 0.25) is 35.4 Å². The number of fused-ring (bicyclic) bond motifs is 8. The first-order chi connectivity index (χ1) is 30.9. The fourth-order valence-electron chi connectivity index (χ4n) is 6.77. The van der Waals surface area contributed by atoms with Crippen molar-refractivity contribution in [3.8, 4) is 0 Å². The summed E-state index contributed by atoms with van der Waals surface area (Å²) in [6, 6.07) is 5.84. The molecule has 64 heavy (non-hydrogen) atoms. The summed E-state index contributed by atoms with van der Waals surface area (Å²) in [6.07, 6.45) is 2.72. The van der Waals surface area contributed by atoms with E-state index in [0.29, 0.717) is 106 Å². The third-order valence-electron chi connectivity index (χ3n) is 10.4. The van der Waals surface area contributed by atoms with Gasteiger partial charge in [0.05, 0.1) is 32.5 Å². The van der Waals surface area contributed by atoms with Gasteiger partial charge in [0, 0.05) is 47.5 Å².